The van der Waals surface area contributed by atoms with E-state index in [0.717, 1.165) is 32.1 Å². The quantitative estimate of drug-likeness (QED) is 0.735. The van der Waals surface area contributed by atoms with Gasteiger partial charge in [-0.15, -0.1) is 0 Å². The molecule has 1 saturated carbocycles. The van der Waals surface area contributed by atoms with E-state index in [1.807, 2.05) is 0 Å². The summed E-state index contributed by atoms with van der Waals surface area (Å²) in [5.74, 6) is 0.797. The van der Waals surface area contributed by atoms with Crippen LogP contribution >= 0.6 is 11.6 Å². The summed E-state index contributed by atoms with van der Waals surface area (Å²) in [5.41, 5.74) is 0. The maximum atomic E-state index is 12.6. The molecule has 0 radical (unpaired) electrons. The fourth-order valence-corrected chi connectivity index (χ4v) is 4.41. The van der Waals surface area contributed by atoms with E-state index < -0.39 is 10.0 Å². The van der Waals surface area contributed by atoms with Gasteiger partial charge in [0.1, 0.15) is 5.75 Å². The van der Waals surface area contributed by atoms with Crippen molar-refractivity contribution in [2.75, 3.05) is 6.61 Å². The molecule has 0 bridgehead atoms. The van der Waals surface area contributed by atoms with Crippen LogP contribution in [0.25, 0.3) is 0 Å². The molecule has 0 spiro atoms. The van der Waals surface area contributed by atoms with E-state index in [0.29, 0.717) is 23.3 Å². The first-order chi connectivity index (χ1) is 10.9. The topological polar surface area (TPSA) is 55.4 Å². The van der Waals surface area contributed by atoms with Crippen molar-refractivity contribution in [2.45, 2.75) is 63.3 Å². The zero-order valence-corrected chi connectivity index (χ0v) is 15.4. The van der Waals surface area contributed by atoms with Crippen molar-refractivity contribution in [1.82, 2.24) is 4.72 Å². The predicted molar refractivity (Wildman–Crippen MR) is 93.6 cm³/mol. The Hall–Kier alpha value is -0.780. The Morgan fingerprint density at radius 1 is 1.30 bits per heavy atom. The smallest absolute Gasteiger partial charge is 0.240 e. The lowest BCUT2D eigenvalue weighted by Crippen LogP contribution is -2.40. The fraction of sp³-hybridized carbons (Fsp3) is 0.647. The third-order valence-corrected chi connectivity index (χ3v) is 6.19. The maximum absolute atomic E-state index is 12.6. The standard InChI is InChI=1S/C17H26ClNO3S/c1-3-4-11-22-17-12-14(9-10-15(17)18)23(20,21)19-16-8-6-5-7-13(16)2/h9-10,12-13,16,19H,3-8,11H2,1-2H3. The molecule has 1 aliphatic rings. The highest BCUT2D eigenvalue weighted by atomic mass is 35.5. The number of benzene rings is 1. The molecular formula is C17H26ClNO3S. The van der Waals surface area contributed by atoms with Crippen molar-refractivity contribution in [3.05, 3.63) is 23.2 Å². The Kier molecular flexibility index (Phi) is 6.74. The van der Waals surface area contributed by atoms with Crippen molar-refractivity contribution in [2.24, 2.45) is 5.92 Å². The van der Waals surface area contributed by atoms with Gasteiger partial charge in [-0.25, -0.2) is 13.1 Å². The van der Waals surface area contributed by atoms with Crippen LogP contribution in [0.3, 0.4) is 0 Å². The third-order valence-electron chi connectivity index (χ3n) is 4.39. The molecule has 1 aliphatic carbocycles. The molecule has 1 aromatic carbocycles. The molecule has 0 aliphatic heterocycles. The molecule has 0 saturated heterocycles. The molecule has 1 aromatic rings. The second kappa shape index (κ2) is 8.36. The molecule has 2 rings (SSSR count). The van der Waals surface area contributed by atoms with Gasteiger partial charge in [-0.05, 0) is 37.3 Å². The molecule has 1 fully saturated rings. The van der Waals surface area contributed by atoms with Gasteiger partial charge in [-0.2, -0.15) is 0 Å². The van der Waals surface area contributed by atoms with E-state index in [1.165, 1.54) is 18.6 Å². The first-order valence-electron chi connectivity index (χ1n) is 8.38. The van der Waals surface area contributed by atoms with Gasteiger partial charge in [0.2, 0.25) is 10.0 Å². The second-order valence-electron chi connectivity index (χ2n) is 6.28. The molecule has 23 heavy (non-hydrogen) atoms. The Labute approximate surface area is 144 Å². The molecule has 4 nitrogen and oxygen atoms in total. The SMILES string of the molecule is CCCCOc1cc(S(=O)(=O)NC2CCCCC2C)ccc1Cl. The molecule has 2 atom stereocenters. The van der Waals surface area contributed by atoms with Crippen LogP contribution in [0.4, 0.5) is 0 Å². The zero-order chi connectivity index (χ0) is 16.9. The zero-order valence-electron chi connectivity index (χ0n) is 13.8. The van der Waals surface area contributed by atoms with Crippen LogP contribution in [-0.2, 0) is 10.0 Å². The molecule has 0 aromatic heterocycles. The lowest BCUT2D eigenvalue weighted by atomic mass is 9.87. The highest BCUT2D eigenvalue weighted by Gasteiger charge is 2.27. The van der Waals surface area contributed by atoms with Crippen LogP contribution in [0.15, 0.2) is 23.1 Å². The molecule has 0 heterocycles. The molecule has 0 amide bonds. The van der Waals surface area contributed by atoms with Gasteiger partial charge in [0.05, 0.1) is 16.5 Å². The minimum Gasteiger partial charge on any atom is -0.492 e. The van der Waals surface area contributed by atoms with Crippen LogP contribution in [0.2, 0.25) is 5.02 Å². The lowest BCUT2D eigenvalue weighted by molar-refractivity contribution is 0.307. The predicted octanol–water partition coefficient (Wildman–Crippen LogP) is 4.38. The number of ether oxygens (including phenoxy) is 1. The van der Waals surface area contributed by atoms with E-state index in [2.05, 4.69) is 18.6 Å². The number of unbranched alkanes of at least 4 members (excludes halogenated alkanes) is 1. The van der Waals surface area contributed by atoms with Gasteiger partial charge >= 0.3 is 0 Å². The van der Waals surface area contributed by atoms with Crippen molar-refractivity contribution in [3.63, 3.8) is 0 Å². The summed E-state index contributed by atoms with van der Waals surface area (Å²) in [6.07, 6.45) is 6.13. The number of rotatable bonds is 7. The minimum atomic E-state index is -3.55. The summed E-state index contributed by atoms with van der Waals surface area (Å²) >= 11 is 6.10. The average molecular weight is 360 g/mol. The molecule has 1 N–H and O–H groups in total. The summed E-state index contributed by atoms with van der Waals surface area (Å²) < 4.78 is 33.7. The van der Waals surface area contributed by atoms with Crippen LogP contribution in [-0.4, -0.2) is 21.1 Å². The summed E-state index contributed by atoms with van der Waals surface area (Å²) in [6.45, 7) is 4.71. The average Bonchev–Trinajstić information content (AvgIpc) is 2.51. The third kappa shape index (κ3) is 5.10. The summed E-state index contributed by atoms with van der Waals surface area (Å²) in [7, 11) is -3.55. The Balaban J connectivity index is 2.13. The summed E-state index contributed by atoms with van der Waals surface area (Å²) in [5, 5.41) is 0.436. The van der Waals surface area contributed by atoms with Crippen molar-refractivity contribution < 1.29 is 13.2 Å². The normalized spacial score (nSPS) is 22.0. The highest BCUT2D eigenvalue weighted by Crippen LogP contribution is 2.29. The second-order valence-corrected chi connectivity index (χ2v) is 8.40. The molecule has 2 unspecified atom stereocenters. The Bertz CT molecular complexity index is 618. The Morgan fingerprint density at radius 2 is 2.04 bits per heavy atom. The van der Waals surface area contributed by atoms with Gasteiger partial charge in [-0.1, -0.05) is 44.7 Å². The monoisotopic (exact) mass is 359 g/mol. The van der Waals surface area contributed by atoms with Crippen molar-refractivity contribution in [1.29, 1.82) is 0 Å². The van der Waals surface area contributed by atoms with E-state index >= 15 is 0 Å². The first-order valence-corrected chi connectivity index (χ1v) is 10.2. The van der Waals surface area contributed by atoms with Gasteiger partial charge in [0, 0.05) is 12.1 Å². The van der Waals surface area contributed by atoms with Crippen LogP contribution in [0.5, 0.6) is 5.75 Å². The van der Waals surface area contributed by atoms with Gasteiger partial charge in [-0.3, -0.25) is 0 Å². The van der Waals surface area contributed by atoms with Gasteiger partial charge in [0.15, 0.2) is 0 Å². The Morgan fingerprint density at radius 3 is 2.74 bits per heavy atom. The minimum absolute atomic E-state index is 0.00823. The van der Waals surface area contributed by atoms with Crippen molar-refractivity contribution >= 4 is 21.6 Å². The van der Waals surface area contributed by atoms with Crippen molar-refractivity contribution in [3.8, 4) is 5.75 Å². The van der Waals surface area contributed by atoms with Gasteiger partial charge < -0.3 is 4.74 Å². The van der Waals surface area contributed by atoms with Crippen LogP contribution in [0.1, 0.15) is 52.4 Å². The summed E-state index contributed by atoms with van der Waals surface area (Å²) in [4.78, 5) is 0.214. The van der Waals surface area contributed by atoms with Gasteiger partial charge in [0.25, 0.3) is 0 Å². The molecule has 6 heteroatoms. The first kappa shape index (κ1) is 18.6. The van der Waals surface area contributed by atoms with Crippen LogP contribution < -0.4 is 9.46 Å². The maximum Gasteiger partial charge on any atom is 0.240 e. The summed E-state index contributed by atoms with van der Waals surface area (Å²) in [6, 6.07) is 4.65. The number of hydrogen-bond acceptors (Lipinski definition) is 3. The number of halogens is 1. The number of sulfonamides is 1. The van der Waals surface area contributed by atoms with Crippen LogP contribution in [0, 0.1) is 5.92 Å². The number of hydrogen-bond donors (Lipinski definition) is 1. The molecule has 130 valence electrons. The lowest BCUT2D eigenvalue weighted by Gasteiger charge is -2.29. The fourth-order valence-electron chi connectivity index (χ4n) is 2.85. The highest BCUT2D eigenvalue weighted by molar-refractivity contribution is 7.89. The van der Waals surface area contributed by atoms with E-state index in [4.69, 9.17) is 16.3 Å². The van der Waals surface area contributed by atoms with E-state index in [-0.39, 0.29) is 10.9 Å². The largest absolute Gasteiger partial charge is 0.492 e. The van der Waals surface area contributed by atoms with E-state index in [9.17, 15) is 8.42 Å². The van der Waals surface area contributed by atoms with E-state index in [1.54, 1.807) is 6.07 Å². The molecular weight excluding hydrogens is 334 g/mol. The number of nitrogens with one attached hydrogen (secondary N) is 1.